The molecule has 0 radical (unpaired) electrons. The van der Waals surface area contributed by atoms with Crippen LogP contribution in [0.3, 0.4) is 0 Å². The van der Waals surface area contributed by atoms with Gasteiger partial charge in [-0.15, -0.1) is 11.3 Å². The second-order valence-corrected chi connectivity index (χ2v) is 7.86. The first-order chi connectivity index (χ1) is 13.5. The van der Waals surface area contributed by atoms with Crippen LogP contribution < -0.4 is 11.0 Å². The zero-order valence-electron chi connectivity index (χ0n) is 16.3. The standard InChI is InChI=1S/C18H20F3N5O2S/c1-5-6-12-8-13-16(29-12)22-11(4)26(17(13)28)24-15(27)10(3)25-9(2)7-14(23-25)18(19,20)21/h7-8,10H,5-6H2,1-4H3,(H,24,27). The van der Waals surface area contributed by atoms with Gasteiger partial charge in [0.25, 0.3) is 11.5 Å². The average molecular weight is 427 g/mol. The Hall–Kier alpha value is -2.69. The van der Waals surface area contributed by atoms with E-state index in [-0.39, 0.29) is 11.5 Å². The Morgan fingerprint density at radius 1 is 1.31 bits per heavy atom. The van der Waals surface area contributed by atoms with Crippen LogP contribution in [0.4, 0.5) is 13.2 Å². The van der Waals surface area contributed by atoms with Crippen molar-refractivity contribution < 1.29 is 18.0 Å². The van der Waals surface area contributed by atoms with E-state index in [1.807, 2.05) is 6.92 Å². The lowest BCUT2D eigenvalue weighted by Crippen LogP contribution is -2.38. The highest BCUT2D eigenvalue weighted by Gasteiger charge is 2.35. The molecule has 0 aliphatic carbocycles. The molecule has 29 heavy (non-hydrogen) atoms. The summed E-state index contributed by atoms with van der Waals surface area (Å²) in [4.78, 5) is 31.4. The molecular formula is C18H20F3N5O2S. The van der Waals surface area contributed by atoms with Crippen LogP contribution >= 0.6 is 11.3 Å². The summed E-state index contributed by atoms with van der Waals surface area (Å²) in [6.45, 7) is 6.44. The van der Waals surface area contributed by atoms with Crippen molar-refractivity contribution in [2.24, 2.45) is 0 Å². The number of carbonyl (C=O) groups is 1. The lowest BCUT2D eigenvalue weighted by Gasteiger charge is -2.16. The van der Waals surface area contributed by atoms with E-state index < -0.39 is 29.4 Å². The molecule has 1 atom stereocenters. The molecule has 3 aromatic rings. The van der Waals surface area contributed by atoms with E-state index in [0.717, 1.165) is 33.1 Å². The van der Waals surface area contributed by atoms with Crippen molar-refractivity contribution in [3.63, 3.8) is 0 Å². The molecule has 0 aliphatic rings. The van der Waals surface area contributed by atoms with Gasteiger partial charge in [0, 0.05) is 10.6 Å². The molecule has 0 aromatic carbocycles. The number of hydrogen-bond donors (Lipinski definition) is 1. The van der Waals surface area contributed by atoms with Crippen molar-refractivity contribution in [1.82, 2.24) is 19.4 Å². The second kappa shape index (κ2) is 7.62. The largest absolute Gasteiger partial charge is 0.435 e. The summed E-state index contributed by atoms with van der Waals surface area (Å²) in [5.74, 6) is -0.401. The number of carbonyl (C=O) groups excluding carboxylic acids is 1. The highest BCUT2D eigenvalue weighted by atomic mass is 32.1. The van der Waals surface area contributed by atoms with Gasteiger partial charge in [0.1, 0.15) is 16.7 Å². The van der Waals surface area contributed by atoms with Crippen molar-refractivity contribution >= 4 is 27.5 Å². The number of nitrogens with one attached hydrogen (secondary N) is 1. The molecule has 0 saturated carbocycles. The van der Waals surface area contributed by atoms with Gasteiger partial charge in [-0.3, -0.25) is 19.7 Å². The van der Waals surface area contributed by atoms with Gasteiger partial charge in [-0.25, -0.2) is 9.66 Å². The average Bonchev–Trinajstić information content (AvgIpc) is 3.21. The smallest absolute Gasteiger partial charge is 0.271 e. The van der Waals surface area contributed by atoms with E-state index in [4.69, 9.17) is 0 Å². The minimum atomic E-state index is -4.61. The molecule has 11 heteroatoms. The maximum Gasteiger partial charge on any atom is 0.435 e. The van der Waals surface area contributed by atoms with Crippen molar-refractivity contribution in [3.05, 3.63) is 44.6 Å². The molecule has 0 spiro atoms. The number of aryl methyl sites for hydroxylation is 3. The molecule has 156 valence electrons. The van der Waals surface area contributed by atoms with Gasteiger partial charge in [0.2, 0.25) is 0 Å². The fraction of sp³-hybridized carbons (Fsp3) is 0.444. The molecule has 0 fully saturated rings. The first-order valence-electron chi connectivity index (χ1n) is 8.99. The minimum Gasteiger partial charge on any atom is -0.271 e. The number of thiophene rings is 1. The first-order valence-corrected chi connectivity index (χ1v) is 9.80. The molecule has 1 amide bonds. The van der Waals surface area contributed by atoms with Crippen molar-refractivity contribution in [3.8, 4) is 0 Å². The van der Waals surface area contributed by atoms with E-state index in [1.165, 1.54) is 25.2 Å². The second-order valence-electron chi connectivity index (χ2n) is 6.75. The molecule has 3 rings (SSSR count). The van der Waals surface area contributed by atoms with Crippen LogP contribution in [-0.2, 0) is 17.4 Å². The summed E-state index contributed by atoms with van der Waals surface area (Å²) >= 11 is 1.43. The summed E-state index contributed by atoms with van der Waals surface area (Å²) in [6.07, 6.45) is -2.86. The van der Waals surface area contributed by atoms with E-state index in [0.29, 0.717) is 10.2 Å². The molecule has 7 nitrogen and oxygen atoms in total. The molecule has 0 bridgehead atoms. The topological polar surface area (TPSA) is 81.8 Å². The third-order valence-corrected chi connectivity index (χ3v) is 5.55. The lowest BCUT2D eigenvalue weighted by atomic mass is 10.2. The van der Waals surface area contributed by atoms with Gasteiger partial charge in [0.15, 0.2) is 5.69 Å². The number of rotatable bonds is 5. The van der Waals surface area contributed by atoms with Gasteiger partial charge < -0.3 is 0 Å². The van der Waals surface area contributed by atoms with Crippen LogP contribution in [0.1, 0.15) is 48.4 Å². The number of nitrogens with zero attached hydrogens (tertiary/aromatic N) is 4. The maximum absolute atomic E-state index is 12.9. The Bertz CT molecular complexity index is 1130. The Morgan fingerprint density at radius 3 is 2.59 bits per heavy atom. The van der Waals surface area contributed by atoms with Crippen LogP contribution in [0.15, 0.2) is 16.9 Å². The molecule has 1 N–H and O–H groups in total. The number of aromatic nitrogens is 4. The third-order valence-electron chi connectivity index (χ3n) is 4.46. The molecule has 0 saturated heterocycles. The quantitative estimate of drug-likeness (QED) is 0.675. The lowest BCUT2D eigenvalue weighted by molar-refractivity contribution is -0.141. The summed E-state index contributed by atoms with van der Waals surface area (Å²) in [7, 11) is 0. The summed E-state index contributed by atoms with van der Waals surface area (Å²) in [6, 6.07) is 1.57. The summed E-state index contributed by atoms with van der Waals surface area (Å²) in [5, 5.41) is 3.89. The molecule has 0 aliphatic heterocycles. The van der Waals surface area contributed by atoms with Gasteiger partial charge in [-0.1, -0.05) is 13.3 Å². The zero-order valence-corrected chi connectivity index (χ0v) is 17.1. The van der Waals surface area contributed by atoms with Crippen molar-refractivity contribution in [2.45, 2.75) is 52.8 Å². The van der Waals surface area contributed by atoms with E-state index in [1.54, 1.807) is 13.0 Å². The van der Waals surface area contributed by atoms with Crippen LogP contribution in [-0.4, -0.2) is 25.3 Å². The fourth-order valence-corrected chi connectivity index (χ4v) is 4.13. The summed E-state index contributed by atoms with van der Waals surface area (Å²) < 4.78 is 40.6. The molecular weight excluding hydrogens is 407 g/mol. The Kier molecular flexibility index (Phi) is 5.52. The predicted molar refractivity (Wildman–Crippen MR) is 104 cm³/mol. The number of fused-ring (bicyclic) bond motifs is 1. The van der Waals surface area contributed by atoms with Gasteiger partial charge in [-0.05, 0) is 39.3 Å². The highest BCUT2D eigenvalue weighted by molar-refractivity contribution is 7.18. The van der Waals surface area contributed by atoms with Crippen molar-refractivity contribution in [2.75, 3.05) is 5.43 Å². The monoisotopic (exact) mass is 427 g/mol. The van der Waals surface area contributed by atoms with E-state index in [2.05, 4.69) is 15.5 Å². The number of amides is 1. The first kappa shape index (κ1) is 21.0. The Morgan fingerprint density at radius 2 is 2.00 bits per heavy atom. The van der Waals surface area contributed by atoms with Crippen molar-refractivity contribution in [1.29, 1.82) is 0 Å². The van der Waals surface area contributed by atoms with E-state index >= 15 is 0 Å². The molecule has 3 aromatic heterocycles. The van der Waals surface area contributed by atoms with Crippen LogP contribution in [0.2, 0.25) is 0 Å². The Labute approximate surface area is 168 Å². The van der Waals surface area contributed by atoms with Crippen LogP contribution in [0, 0.1) is 13.8 Å². The molecule has 3 heterocycles. The number of hydrogen-bond acceptors (Lipinski definition) is 5. The van der Waals surface area contributed by atoms with Crippen LogP contribution in [0.5, 0.6) is 0 Å². The van der Waals surface area contributed by atoms with Gasteiger partial charge in [-0.2, -0.15) is 18.3 Å². The fourth-order valence-electron chi connectivity index (χ4n) is 2.97. The molecule has 1 unspecified atom stereocenters. The SMILES string of the molecule is CCCc1cc2c(=O)n(NC(=O)C(C)n3nc(C(F)(F)F)cc3C)c(C)nc2s1. The highest BCUT2D eigenvalue weighted by Crippen LogP contribution is 2.29. The maximum atomic E-state index is 12.9. The van der Waals surface area contributed by atoms with Gasteiger partial charge >= 0.3 is 6.18 Å². The minimum absolute atomic E-state index is 0.180. The normalized spacial score (nSPS) is 13.1. The van der Waals surface area contributed by atoms with Crippen LogP contribution in [0.25, 0.3) is 10.2 Å². The number of alkyl halides is 3. The third kappa shape index (κ3) is 4.04. The summed E-state index contributed by atoms with van der Waals surface area (Å²) in [5.41, 5.74) is 1.12. The Balaban J connectivity index is 1.91. The number of halogens is 3. The zero-order chi connectivity index (χ0) is 21.5. The van der Waals surface area contributed by atoms with Gasteiger partial charge in [0.05, 0.1) is 5.39 Å². The van der Waals surface area contributed by atoms with E-state index in [9.17, 15) is 22.8 Å². The predicted octanol–water partition coefficient (Wildman–Crippen LogP) is 3.57.